The minimum atomic E-state index is 0.285. The molecular weight excluding hydrogens is 216 g/mol. The molecule has 4 heteroatoms. The molecule has 1 aliphatic rings. The maximum atomic E-state index is 5.95. The fourth-order valence-corrected chi connectivity index (χ4v) is 2.37. The summed E-state index contributed by atoms with van der Waals surface area (Å²) in [5.41, 5.74) is 0. The van der Waals surface area contributed by atoms with E-state index in [1.54, 1.807) is 7.11 Å². The predicted molar refractivity (Wildman–Crippen MR) is 66.2 cm³/mol. The lowest BCUT2D eigenvalue weighted by Gasteiger charge is -2.28. The first-order valence-corrected chi connectivity index (χ1v) is 6.53. The third-order valence-corrected chi connectivity index (χ3v) is 3.28. The summed E-state index contributed by atoms with van der Waals surface area (Å²) in [4.78, 5) is 0. The molecule has 1 fully saturated rings. The van der Waals surface area contributed by atoms with E-state index in [-0.39, 0.29) is 6.10 Å². The van der Waals surface area contributed by atoms with Crippen molar-refractivity contribution in [1.82, 2.24) is 9.78 Å². The maximum absolute atomic E-state index is 5.95. The summed E-state index contributed by atoms with van der Waals surface area (Å²) in [5.74, 6) is 0.889. The fraction of sp³-hybridized carbons (Fsp3) is 0.769. The van der Waals surface area contributed by atoms with Gasteiger partial charge in [0, 0.05) is 20.1 Å². The van der Waals surface area contributed by atoms with Gasteiger partial charge in [-0.3, -0.25) is 4.68 Å². The Morgan fingerprint density at radius 3 is 3.00 bits per heavy atom. The Morgan fingerprint density at radius 2 is 2.24 bits per heavy atom. The van der Waals surface area contributed by atoms with Gasteiger partial charge in [0.25, 0.3) is 0 Å². The highest BCUT2D eigenvalue weighted by Crippen LogP contribution is 2.24. The maximum Gasteiger partial charge on any atom is 0.157 e. The lowest BCUT2D eigenvalue weighted by molar-refractivity contribution is 0.0209. The van der Waals surface area contributed by atoms with Gasteiger partial charge in [-0.05, 0) is 25.7 Å². The van der Waals surface area contributed by atoms with Crippen LogP contribution >= 0.6 is 0 Å². The van der Waals surface area contributed by atoms with Crippen LogP contribution in [0.4, 0.5) is 0 Å². The lowest BCUT2D eigenvalue weighted by atomic mass is 9.95. The van der Waals surface area contributed by atoms with Gasteiger partial charge in [-0.2, -0.15) is 5.10 Å². The number of nitrogens with zero attached hydrogens (tertiary/aromatic N) is 2. The summed E-state index contributed by atoms with van der Waals surface area (Å²) < 4.78 is 13.3. The molecule has 1 aromatic heterocycles. The molecule has 2 unspecified atom stereocenters. The van der Waals surface area contributed by atoms with Crippen molar-refractivity contribution >= 4 is 0 Å². The summed E-state index contributed by atoms with van der Waals surface area (Å²) in [6.45, 7) is 3.10. The number of aromatic nitrogens is 2. The third-order valence-electron chi connectivity index (χ3n) is 3.28. The smallest absolute Gasteiger partial charge is 0.157 e. The summed E-state index contributed by atoms with van der Waals surface area (Å²) in [6, 6.07) is 0. The van der Waals surface area contributed by atoms with E-state index in [1.165, 1.54) is 6.42 Å². The molecule has 0 radical (unpaired) electrons. The molecule has 0 spiro atoms. The molecule has 0 saturated heterocycles. The molecule has 1 heterocycles. The quantitative estimate of drug-likeness (QED) is 0.791. The zero-order valence-corrected chi connectivity index (χ0v) is 10.8. The average molecular weight is 238 g/mol. The summed E-state index contributed by atoms with van der Waals surface area (Å²) >= 11 is 0. The van der Waals surface area contributed by atoms with Crippen LogP contribution in [0.5, 0.6) is 5.75 Å². The molecule has 4 nitrogen and oxygen atoms in total. The van der Waals surface area contributed by atoms with Crippen molar-refractivity contribution in [3.8, 4) is 5.75 Å². The Balaban J connectivity index is 1.86. The van der Waals surface area contributed by atoms with Crippen LogP contribution in [0, 0.1) is 0 Å². The Kier molecular flexibility index (Phi) is 4.42. The zero-order valence-electron chi connectivity index (χ0n) is 10.8. The van der Waals surface area contributed by atoms with E-state index in [2.05, 4.69) is 12.0 Å². The molecule has 0 N–H and O–H groups in total. The second-order valence-electron chi connectivity index (χ2n) is 4.70. The molecule has 0 bridgehead atoms. The van der Waals surface area contributed by atoms with Gasteiger partial charge in [0.05, 0.1) is 18.5 Å². The Labute approximate surface area is 103 Å². The first-order chi connectivity index (χ1) is 8.31. The normalized spacial score (nSPS) is 24.8. The molecule has 1 saturated carbocycles. The molecule has 1 aliphatic carbocycles. The minimum Gasteiger partial charge on any atom is -0.487 e. The van der Waals surface area contributed by atoms with Crippen LogP contribution in [0.2, 0.25) is 0 Å². The van der Waals surface area contributed by atoms with E-state index < -0.39 is 0 Å². The number of hydrogen-bond donors (Lipinski definition) is 0. The Hall–Kier alpha value is -1.03. The highest BCUT2D eigenvalue weighted by Gasteiger charge is 2.23. The highest BCUT2D eigenvalue weighted by molar-refractivity contribution is 5.12. The number of rotatable bonds is 5. The molecular formula is C13H22N2O2. The van der Waals surface area contributed by atoms with Gasteiger partial charge in [0.15, 0.2) is 5.75 Å². The molecule has 2 rings (SSSR count). The Morgan fingerprint density at radius 1 is 1.41 bits per heavy atom. The Bertz CT molecular complexity index is 338. The predicted octanol–water partition coefficient (Wildman–Crippen LogP) is 2.63. The molecule has 1 aromatic rings. The number of aryl methyl sites for hydroxylation is 1. The van der Waals surface area contributed by atoms with E-state index in [9.17, 15) is 0 Å². The minimum absolute atomic E-state index is 0.285. The molecule has 0 amide bonds. The number of hydrogen-bond acceptors (Lipinski definition) is 3. The highest BCUT2D eigenvalue weighted by atomic mass is 16.5. The topological polar surface area (TPSA) is 36.3 Å². The second kappa shape index (κ2) is 6.05. The van der Waals surface area contributed by atoms with E-state index in [1.807, 2.05) is 17.1 Å². The first-order valence-electron chi connectivity index (χ1n) is 6.53. The van der Waals surface area contributed by atoms with Crippen LogP contribution in [0.25, 0.3) is 0 Å². The van der Waals surface area contributed by atoms with E-state index >= 15 is 0 Å². The van der Waals surface area contributed by atoms with Crippen molar-refractivity contribution in [2.24, 2.45) is 0 Å². The molecule has 17 heavy (non-hydrogen) atoms. The van der Waals surface area contributed by atoms with Gasteiger partial charge >= 0.3 is 0 Å². The summed E-state index contributed by atoms with van der Waals surface area (Å²) in [6.07, 6.45) is 10.0. The van der Waals surface area contributed by atoms with Gasteiger partial charge in [-0.1, -0.05) is 6.92 Å². The second-order valence-corrected chi connectivity index (χ2v) is 4.70. The van der Waals surface area contributed by atoms with Crippen LogP contribution in [0.15, 0.2) is 12.4 Å². The molecule has 0 aromatic carbocycles. The van der Waals surface area contributed by atoms with E-state index in [0.29, 0.717) is 6.10 Å². The van der Waals surface area contributed by atoms with Gasteiger partial charge in [0.1, 0.15) is 6.10 Å². The van der Waals surface area contributed by atoms with Gasteiger partial charge in [-0.15, -0.1) is 0 Å². The lowest BCUT2D eigenvalue weighted by Crippen LogP contribution is -2.29. The van der Waals surface area contributed by atoms with Crippen LogP contribution < -0.4 is 4.74 Å². The molecule has 96 valence electrons. The van der Waals surface area contributed by atoms with Crippen molar-refractivity contribution in [1.29, 1.82) is 0 Å². The van der Waals surface area contributed by atoms with Gasteiger partial charge in [0.2, 0.25) is 0 Å². The number of methoxy groups -OCH3 is 1. The van der Waals surface area contributed by atoms with Crippen molar-refractivity contribution in [3.05, 3.63) is 12.4 Å². The van der Waals surface area contributed by atoms with Gasteiger partial charge in [-0.25, -0.2) is 0 Å². The number of ether oxygens (including phenoxy) is 2. The standard InChI is InChI=1S/C13H22N2O2/c1-3-7-15-10-13(9-14-15)17-12-6-4-5-11(8-12)16-2/h9-12H,3-8H2,1-2H3. The van der Waals surface area contributed by atoms with E-state index in [0.717, 1.165) is 38.0 Å². The van der Waals surface area contributed by atoms with Crippen LogP contribution in [0.3, 0.4) is 0 Å². The first kappa shape index (κ1) is 12.4. The van der Waals surface area contributed by atoms with Crippen LogP contribution in [-0.4, -0.2) is 29.1 Å². The zero-order chi connectivity index (χ0) is 12.1. The summed E-state index contributed by atoms with van der Waals surface area (Å²) in [5, 5.41) is 4.27. The monoisotopic (exact) mass is 238 g/mol. The van der Waals surface area contributed by atoms with Crippen LogP contribution in [0.1, 0.15) is 39.0 Å². The largest absolute Gasteiger partial charge is 0.487 e. The molecule has 0 aliphatic heterocycles. The van der Waals surface area contributed by atoms with E-state index in [4.69, 9.17) is 9.47 Å². The summed E-state index contributed by atoms with van der Waals surface area (Å²) in [7, 11) is 1.78. The molecule has 2 atom stereocenters. The van der Waals surface area contributed by atoms with Crippen LogP contribution in [-0.2, 0) is 11.3 Å². The van der Waals surface area contributed by atoms with Crippen molar-refractivity contribution in [2.45, 2.75) is 57.8 Å². The third kappa shape index (κ3) is 3.46. The van der Waals surface area contributed by atoms with Crippen molar-refractivity contribution < 1.29 is 9.47 Å². The fourth-order valence-electron chi connectivity index (χ4n) is 2.37. The van der Waals surface area contributed by atoms with Crippen molar-refractivity contribution in [3.63, 3.8) is 0 Å². The average Bonchev–Trinajstić information content (AvgIpc) is 2.77. The van der Waals surface area contributed by atoms with Gasteiger partial charge < -0.3 is 9.47 Å². The van der Waals surface area contributed by atoms with Crippen molar-refractivity contribution in [2.75, 3.05) is 7.11 Å². The SMILES string of the molecule is CCCn1cc(OC2CCCC(OC)C2)cn1.